The number of carboxylic acid groups (broad SMARTS) is 1. The van der Waals surface area contributed by atoms with Crippen LogP contribution in [0.25, 0.3) is 10.7 Å². The number of hydrogen-bond acceptors (Lipinski definition) is 5. The molecule has 2 rings (SSSR count). The number of aliphatic carboxylic acids is 1. The first kappa shape index (κ1) is 15.1. The Bertz CT molecular complexity index is 591. The fourth-order valence-electron chi connectivity index (χ4n) is 1.90. The van der Waals surface area contributed by atoms with Gasteiger partial charge in [0.2, 0.25) is 0 Å². The lowest BCUT2D eigenvalue weighted by molar-refractivity contribution is -0.138. The van der Waals surface area contributed by atoms with Crippen molar-refractivity contribution in [3.05, 3.63) is 15.4 Å². The van der Waals surface area contributed by atoms with Gasteiger partial charge in [0.1, 0.15) is 0 Å². The molecule has 108 valence electrons. The molecule has 20 heavy (non-hydrogen) atoms. The molecule has 0 spiro atoms. The lowest BCUT2D eigenvalue weighted by Gasteiger charge is -2.12. The predicted molar refractivity (Wildman–Crippen MR) is 79.6 cm³/mol. The number of aryl methyl sites for hydroxylation is 1. The van der Waals surface area contributed by atoms with Crippen LogP contribution < -0.4 is 0 Å². The highest BCUT2D eigenvalue weighted by Crippen LogP contribution is 2.33. The van der Waals surface area contributed by atoms with Crippen molar-refractivity contribution in [2.45, 2.75) is 33.2 Å². The van der Waals surface area contributed by atoms with E-state index in [0.29, 0.717) is 12.4 Å². The van der Waals surface area contributed by atoms with E-state index in [1.54, 1.807) is 16.0 Å². The number of thiophene rings is 1. The second-order valence-corrected chi connectivity index (χ2v) is 6.99. The van der Waals surface area contributed by atoms with Crippen LogP contribution in [0.15, 0.2) is 9.85 Å². The molecule has 0 bridgehead atoms. The average Bonchev–Trinajstić information content (AvgIpc) is 2.96. The third-order valence-corrected chi connectivity index (χ3v) is 5.21. The maximum absolute atomic E-state index is 10.8. The lowest BCUT2D eigenvalue weighted by atomic mass is 10.0. The van der Waals surface area contributed by atoms with E-state index in [1.807, 2.05) is 19.9 Å². The zero-order valence-corrected chi connectivity index (χ0v) is 13.6. The average molecular weight is 359 g/mol. The van der Waals surface area contributed by atoms with E-state index < -0.39 is 5.97 Å². The van der Waals surface area contributed by atoms with E-state index in [9.17, 15) is 4.79 Å². The van der Waals surface area contributed by atoms with Crippen LogP contribution in [0.2, 0.25) is 0 Å². The zero-order valence-electron chi connectivity index (χ0n) is 11.2. The number of hydrogen-bond donors (Lipinski definition) is 1. The van der Waals surface area contributed by atoms with E-state index >= 15 is 0 Å². The smallest absolute Gasteiger partial charge is 0.303 e. The Morgan fingerprint density at radius 1 is 1.60 bits per heavy atom. The molecule has 0 aliphatic heterocycles. The molecule has 1 atom stereocenters. The summed E-state index contributed by atoms with van der Waals surface area (Å²) in [6.07, 6.45) is 0.904. The molecule has 0 saturated carbocycles. The van der Waals surface area contributed by atoms with Gasteiger partial charge < -0.3 is 5.11 Å². The first-order valence-electron chi connectivity index (χ1n) is 6.25. The van der Waals surface area contributed by atoms with Gasteiger partial charge in [0.15, 0.2) is 5.82 Å². The lowest BCUT2D eigenvalue weighted by Crippen LogP contribution is -2.16. The van der Waals surface area contributed by atoms with E-state index in [0.717, 1.165) is 20.6 Å². The number of carboxylic acids is 1. The first-order chi connectivity index (χ1) is 9.51. The number of rotatable bonds is 6. The van der Waals surface area contributed by atoms with Gasteiger partial charge in [-0.1, -0.05) is 13.3 Å². The van der Waals surface area contributed by atoms with Crippen LogP contribution in [0.5, 0.6) is 0 Å². The van der Waals surface area contributed by atoms with Gasteiger partial charge >= 0.3 is 5.97 Å². The molecule has 0 saturated heterocycles. The van der Waals surface area contributed by atoms with Gasteiger partial charge in [0.05, 0.1) is 8.66 Å². The molecular weight excluding hydrogens is 344 g/mol. The summed E-state index contributed by atoms with van der Waals surface area (Å²) in [4.78, 5) is 11.8. The van der Waals surface area contributed by atoms with Gasteiger partial charge in [-0.05, 0) is 50.8 Å². The second kappa shape index (κ2) is 6.45. The summed E-state index contributed by atoms with van der Waals surface area (Å²) in [5.41, 5.74) is 1.14. The predicted octanol–water partition coefficient (Wildman–Crippen LogP) is 2.97. The number of carbonyl (C=O) groups is 1. The van der Waals surface area contributed by atoms with E-state index in [4.69, 9.17) is 5.11 Å². The summed E-state index contributed by atoms with van der Waals surface area (Å²) in [7, 11) is 0. The van der Waals surface area contributed by atoms with Crippen LogP contribution in [0, 0.1) is 12.8 Å². The van der Waals surface area contributed by atoms with Gasteiger partial charge in [-0.25, -0.2) is 4.68 Å². The van der Waals surface area contributed by atoms with Gasteiger partial charge in [0.25, 0.3) is 0 Å². The monoisotopic (exact) mass is 358 g/mol. The van der Waals surface area contributed by atoms with Gasteiger partial charge in [-0.2, -0.15) is 0 Å². The normalized spacial score (nSPS) is 12.6. The molecule has 1 unspecified atom stereocenters. The second-order valence-electron chi connectivity index (χ2n) is 4.62. The number of aromatic nitrogens is 4. The third kappa shape index (κ3) is 3.43. The highest BCUT2D eigenvalue weighted by molar-refractivity contribution is 9.11. The van der Waals surface area contributed by atoms with Crippen molar-refractivity contribution in [3.8, 4) is 10.7 Å². The van der Waals surface area contributed by atoms with E-state index in [1.165, 1.54) is 0 Å². The highest BCUT2D eigenvalue weighted by Gasteiger charge is 2.18. The Balaban J connectivity index is 2.22. The minimum atomic E-state index is -0.791. The summed E-state index contributed by atoms with van der Waals surface area (Å²) in [6.45, 7) is 4.50. The van der Waals surface area contributed by atoms with Crippen molar-refractivity contribution in [1.29, 1.82) is 0 Å². The van der Waals surface area contributed by atoms with E-state index in [-0.39, 0.29) is 12.3 Å². The fourth-order valence-corrected chi connectivity index (χ4v) is 3.43. The number of tetrazole rings is 1. The standard InChI is InChI=1S/C12H15BrN4O2S/c1-3-8(5-10(18)19)6-17-12(14-15-16-17)9-4-7(2)11(13)20-9/h4,8H,3,5-6H2,1-2H3,(H,18,19). The van der Waals surface area contributed by atoms with Crippen molar-refractivity contribution in [3.63, 3.8) is 0 Å². The Morgan fingerprint density at radius 2 is 2.35 bits per heavy atom. The summed E-state index contributed by atoms with van der Waals surface area (Å²) in [5, 5.41) is 20.6. The summed E-state index contributed by atoms with van der Waals surface area (Å²) < 4.78 is 2.74. The number of nitrogens with zero attached hydrogens (tertiary/aromatic N) is 4. The maximum Gasteiger partial charge on any atom is 0.303 e. The molecule has 1 N–H and O–H groups in total. The molecule has 0 fully saturated rings. The van der Waals surface area contributed by atoms with Crippen molar-refractivity contribution >= 4 is 33.2 Å². The molecule has 2 aromatic rings. The molecule has 0 amide bonds. The minimum Gasteiger partial charge on any atom is -0.481 e. The summed E-state index contributed by atoms with van der Waals surface area (Å²) >= 11 is 5.06. The molecule has 6 nitrogen and oxygen atoms in total. The molecule has 2 heterocycles. The first-order valence-corrected chi connectivity index (χ1v) is 7.86. The maximum atomic E-state index is 10.8. The minimum absolute atomic E-state index is 0.0271. The largest absolute Gasteiger partial charge is 0.481 e. The molecule has 2 aromatic heterocycles. The van der Waals surface area contributed by atoms with Gasteiger partial charge in [-0.3, -0.25) is 4.79 Å². The van der Waals surface area contributed by atoms with Gasteiger partial charge in [-0.15, -0.1) is 16.4 Å². The van der Waals surface area contributed by atoms with Crippen molar-refractivity contribution < 1.29 is 9.90 Å². The third-order valence-electron chi connectivity index (χ3n) is 3.08. The van der Waals surface area contributed by atoms with Crippen molar-refractivity contribution in [2.75, 3.05) is 0 Å². The van der Waals surface area contributed by atoms with Crippen LogP contribution in [0.1, 0.15) is 25.3 Å². The van der Waals surface area contributed by atoms with E-state index in [2.05, 4.69) is 31.5 Å². The Labute approximate surface area is 128 Å². The summed E-state index contributed by atoms with van der Waals surface area (Å²) in [5.74, 6) is -0.0759. The molecule has 0 aliphatic carbocycles. The Hall–Kier alpha value is -1.28. The van der Waals surface area contributed by atoms with Crippen LogP contribution in [0.3, 0.4) is 0 Å². The number of halogens is 1. The van der Waals surface area contributed by atoms with Crippen LogP contribution in [-0.4, -0.2) is 31.3 Å². The van der Waals surface area contributed by atoms with Gasteiger partial charge in [0, 0.05) is 13.0 Å². The Kier molecular flexibility index (Phi) is 4.87. The fraction of sp³-hybridized carbons (Fsp3) is 0.500. The molecule has 8 heteroatoms. The van der Waals surface area contributed by atoms with Crippen LogP contribution in [-0.2, 0) is 11.3 Å². The molecule has 0 aliphatic rings. The molecular formula is C12H15BrN4O2S. The van der Waals surface area contributed by atoms with Crippen LogP contribution >= 0.6 is 27.3 Å². The van der Waals surface area contributed by atoms with Crippen molar-refractivity contribution in [1.82, 2.24) is 20.2 Å². The molecule has 0 radical (unpaired) electrons. The molecule has 0 aromatic carbocycles. The van der Waals surface area contributed by atoms with Crippen LogP contribution in [0.4, 0.5) is 0 Å². The summed E-state index contributed by atoms with van der Waals surface area (Å²) in [6, 6.07) is 2.02. The van der Waals surface area contributed by atoms with Crippen molar-refractivity contribution in [2.24, 2.45) is 5.92 Å². The highest BCUT2D eigenvalue weighted by atomic mass is 79.9. The SMILES string of the molecule is CCC(CC(=O)O)Cn1nnnc1-c1cc(C)c(Br)s1. The zero-order chi connectivity index (χ0) is 14.7. The quantitative estimate of drug-likeness (QED) is 0.858. The Morgan fingerprint density at radius 3 is 2.90 bits per heavy atom. The topological polar surface area (TPSA) is 80.9 Å².